The molecule has 0 radical (unpaired) electrons. The minimum Gasteiger partial charge on any atom is -0.462 e. The maximum absolute atomic E-state index is 13.6. The van der Waals surface area contributed by atoms with E-state index in [1.165, 1.54) is 60.8 Å². The minimum absolute atomic E-state index is 0.184. The summed E-state index contributed by atoms with van der Waals surface area (Å²) in [7, 11) is 0. The van der Waals surface area contributed by atoms with Gasteiger partial charge in [-0.15, -0.1) is 0 Å². The van der Waals surface area contributed by atoms with E-state index in [1.54, 1.807) is 6.07 Å². The van der Waals surface area contributed by atoms with E-state index in [0.29, 0.717) is 24.3 Å². The molecule has 3 aromatic carbocycles. The van der Waals surface area contributed by atoms with Crippen LogP contribution in [-0.4, -0.2) is 25.2 Å². The number of rotatable bonds is 18. The summed E-state index contributed by atoms with van der Waals surface area (Å²) in [4.78, 5) is 26.8. The molecule has 3 aromatic rings. The highest BCUT2D eigenvalue weighted by molar-refractivity contribution is 6.04. The Kier molecular flexibility index (Phi) is 12.9. The molecule has 4 heteroatoms. The molecule has 0 spiro atoms. The third-order valence-electron chi connectivity index (χ3n) is 8.85. The third kappa shape index (κ3) is 8.59. The molecule has 0 amide bonds. The molecule has 0 fully saturated rings. The van der Waals surface area contributed by atoms with Gasteiger partial charge >= 0.3 is 11.9 Å². The normalized spacial score (nSPS) is 12.2. The smallest absolute Gasteiger partial charge is 0.339 e. The van der Waals surface area contributed by atoms with Gasteiger partial charge in [0.2, 0.25) is 0 Å². The van der Waals surface area contributed by atoms with Crippen LogP contribution in [0.25, 0.3) is 11.1 Å². The number of fused-ring (bicyclic) bond motifs is 3. The lowest BCUT2D eigenvalue weighted by molar-refractivity contribution is 0.0449. The first-order chi connectivity index (χ1) is 21.1. The van der Waals surface area contributed by atoms with E-state index < -0.39 is 11.9 Å². The molecule has 0 saturated heterocycles. The Morgan fingerprint density at radius 3 is 1.65 bits per heavy atom. The summed E-state index contributed by atoms with van der Waals surface area (Å²) < 4.78 is 11.5. The Labute approximate surface area is 259 Å². The SMILES string of the molecule is CCCCCCCCOC(=O)c1ccc(CC2c3ccccc3-c3ccccc32)c(C)c1C(=O)OCCCCCCCC. The quantitative estimate of drug-likeness (QED) is 0.111. The number of unbranched alkanes of at least 4 members (excludes halogenated alkanes) is 10. The molecule has 0 aliphatic heterocycles. The first kappa shape index (κ1) is 32.5. The van der Waals surface area contributed by atoms with Crippen molar-refractivity contribution >= 4 is 11.9 Å². The van der Waals surface area contributed by atoms with E-state index in [-0.39, 0.29) is 5.92 Å². The summed E-state index contributed by atoms with van der Waals surface area (Å²) in [6, 6.07) is 20.9. The lowest BCUT2D eigenvalue weighted by Crippen LogP contribution is -2.18. The van der Waals surface area contributed by atoms with Crippen LogP contribution in [0.1, 0.15) is 140 Å². The van der Waals surface area contributed by atoms with Crippen LogP contribution in [0.3, 0.4) is 0 Å². The number of carbonyl (C=O) groups is 2. The molecular formula is C39H50O4. The minimum atomic E-state index is -0.439. The number of carbonyl (C=O) groups excluding carboxylic acids is 2. The monoisotopic (exact) mass is 582 g/mol. The van der Waals surface area contributed by atoms with Crippen molar-refractivity contribution in [3.8, 4) is 11.1 Å². The number of ether oxygens (including phenoxy) is 2. The van der Waals surface area contributed by atoms with Gasteiger partial charge < -0.3 is 9.47 Å². The Morgan fingerprint density at radius 2 is 1.09 bits per heavy atom. The van der Waals surface area contributed by atoms with E-state index in [4.69, 9.17) is 9.47 Å². The molecule has 0 N–H and O–H groups in total. The summed E-state index contributed by atoms with van der Waals surface area (Å²) in [5, 5.41) is 0. The zero-order valence-corrected chi connectivity index (χ0v) is 26.6. The van der Waals surface area contributed by atoms with Crippen LogP contribution < -0.4 is 0 Å². The first-order valence-corrected chi connectivity index (χ1v) is 16.7. The fourth-order valence-corrected chi connectivity index (χ4v) is 6.35. The number of hydrogen-bond acceptors (Lipinski definition) is 4. The van der Waals surface area contributed by atoms with Gasteiger partial charge in [0.1, 0.15) is 0 Å². The van der Waals surface area contributed by atoms with Crippen LogP contribution in [0.4, 0.5) is 0 Å². The Balaban J connectivity index is 1.52. The topological polar surface area (TPSA) is 52.6 Å². The Bertz CT molecular complexity index is 1300. The number of hydrogen-bond donors (Lipinski definition) is 0. The first-order valence-electron chi connectivity index (χ1n) is 16.7. The molecular weight excluding hydrogens is 532 g/mol. The number of benzene rings is 3. The summed E-state index contributed by atoms with van der Waals surface area (Å²) in [6.45, 7) is 7.10. The summed E-state index contributed by atoms with van der Waals surface area (Å²) in [5.41, 5.74) is 7.68. The predicted octanol–water partition coefficient (Wildman–Crippen LogP) is 10.4. The highest BCUT2D eigenvalue weighted by Crippen LogP contribution is 2.46. The molecule has 0 unspecified atom stereocenters. The van der Waals surface area contributed by atoms with E-state index >= 15 is 0 Å². The second kappa shape index (κ2) is 17.0. The molecule has 0 saturated carbocycles. The van der Waals surface area contributed by atoms with Crippen LogP contribution in [0.15, 0.2) is 60.7 Å². The Hall–Kier alpha value is -3.40. The van der Waals surface area contributed by atoms with Crippen LogP contribution in [0.5, 0.6) is 0 Å². The fourth-order valence-electron chi connectivity index (χ4n) is 6.35. The lowest BCUT2D eigenvalue weighted by Gasteiger charge is -2.19. The van der Waals surface area contributed by atoms with Crippen molar-refractivity contribution < 1.29 is 19.1 Å². The second-order valence-corrected chi connectivity index (χ2v) is 12.0. The maximum Gasteiger partial charge on any atom is 0.339 e. The largest absolute Gasteiger partial charge is 0.462 e. The molecule has 4 nitrogen and oxygen atoms in total. The summed E-state index contributed by atoms with van der Waals surface area (Å²) in [6.07, 6.45) is 14.1. The predicted molar refractivity (Wildman–Crippen MR) is 176 cm³/mol. The molecule has 43 heavy (non-hydrogen) atoms. The van der Waals surface area contributed by atoms with E-state index in [2.05, 4.69) is 62.4 Å². The van der Waals surface area contributed by atoms with Gasteiger partial charge in [-0.05, 0) is 65.6 Å². The van der Waals surface area contributed by atoms with Crippen molar-refractivity contribution in [2.75, 3.05) is 13.2 Å². The number of esters is 2. The molecule has 1 aliphatic rings. The van der Waals surface area contributed by atoms with Gasteiger partial charge in [-0.2, -0.15) is 0 Å². The average molecular weight is 583 g/mol. The van der Waals surface area contributed by atoms with Gasteiger partial charge in [-0.25, -0.2) is 9.59 Å². The van der Waals surface area contributed by atoms with Crippen LogP contribution >= 0.6 is 0 Å². The molecule has 0 atom stereocenters. The Morgan fingerprint density at radius 1 is 0.605 bits per heavy atom. The van der Waals surface area contributed by atoms with Gasteiger partial charge in [0.05, 0.1) is 24.3 Å². The van der Waals surface area contributed by atoms with Gasteiger partial charge in [0.15, 0.2) is 0 Å². The molecule has 1 aliphatic carbocycles. The molecule has 0 aromatic heterocycles. The fraction of sp³-hybridized carbons (Fsp3) is 0.487. The second-order valence-electron chi connectivity index (χ2n) is 12.0. The van der Waals surface area contributed by atoms with Crippen molar-refractivity contribution in [2.45, 2.75) is 110 Å². The lowest BCUT2D eigenvalue weighted by atomic mass is 9.86. The summed E-state index contributed by atoms with van der Waals surface area (Å²) >= 11 is 0. The maximum atomic E-state index is 13.6. The van der Waals surface area contributed by atoms with E-state index in [0.717, 1.165) is 56.1 Å². The highest BCUT2D eigenvalue weighted by atomic mass is 16.5. The average Bonchev–Trinajstić information content (AvgIpc) is 3.34. The van der Waals surface area contributed by atoms with Crippen molar-refractivity contribution in [3.05, 3.63) is 94.0 Å². The van der Waals surface area contributed by atoms with Crippen molar-refractivity contribution in [1.82, 2.24) is 0 Å². The van der Waals surface area contributed by atoms with Crippen molar-refractivity contribution in [2.24, 2.45) is 0 Å². The zero-order chi connectivity index (χ0) is 30.4. The standard InChI is InChI=1S/C39H50O4/c1-4-6-8-10-12-18-26-42-38(40)35-25-24-30(29(3)37(35)39(41)43-27-19-13-11-9-7-5-2)28-36-33-22-16-14-20-31(33)32-21-15-17-23-34(32)36/h14-17,20-25,36H,4-13,18-19,26-28H2,1-3H3. The van der Waals surface area contributed by atoms with Gasteiger partial charge in [0.25, 0.3) is 0 Å². The zero-order valence-electron chi connectivity index (χ0n) is 26.6. The van der Waals surface area contributed by atoms with Crippen molar-refractivity contribution in [3.63, 3.8) is 0 Å². The summed E-state index contributed by atoms with van der Waals surface area (Å²) in [5.74, 6) is -0.679. The van der Waals surface area contributed by atoms with Gasteiger partial charge in [-0.1, -0.05) is 133 Å². The van der Waals surface area contributed by atoms with Crippen molar-refractivity contribution in [1.29, 1.82) is 0 Å². The van der Waals surface area contributed by atoms with Crippen LogP contribution in [-0.2, 0) is 15.9 Å². The van der Waals surface area contributed by atoms with Gasteiger partial charge in [-0.3, -0.25) is 0 Å². The molecule has 0 bridgehead atoms. The van der Waals surface area contributed by atoms with Crippen LogP contribution in [0.2, 0.25) is 0 Å². The highest BCUT2D eigenvalue weighted by Gasteiger charge is 2.30. The van der Waals surface area contributed by atoms with Gasteiger partial charge in [0, 0.05) is 5.92 Å². The molecule has 0 heterocycles. The van der Waals surface area contributed by atoms with E-state index in [9.17, 15) is 9.59 Å². The third-order valence-corrected chi connectivity index (χ3v) is 8.85. The molecule has 230 valence electrons. The van der Waals surface area contributed by atoms with Crippen LogP contribution in [0, 0.1) is 6.92 Å². The molecule has 4 rings (SSSR count). The van der Waals surface area contributed by atoms with E-state index in [1.807, 2.05) is 13.0 Å².